The summed E-state index contributed by atoms with van der Waals surface area (Å²) in [7, 11) is 1.30. The predicted molar refractivity (Wildman–Crippen MR) is 105 cm³/mol. The van der Waals surface area contributed by atoms with Gasteiger partial charge in [-0.15, -0.1) is 0 Å². The van der Waals surface area contributed by atoms with Gasteiger partial charge in [0.2, 0.25) is 0 Å². The van der Waals surface area contributed by atoms with E-state index in [0.717, 1.165) is 5.56 Å². The SMILES string of the molecule is COC(=O)c1ccc(OC(=O)c2ccccc2OCc2ccccc2Cl)cc1. The zero-order valence-electron chi connectivity index (χ0n) is 15.1. The van der Waals surface area contributed by atoms with Gasteiger partial charge in [0.05, 0.1) is 12.7 Å². The van der Waals surface area contributed by atoms with Crippen molar-refractivity contribution in [3.63, 3.8) is 0 Å². The summed E-state index contributed by atoms with van der Waals surface area (Å²) in [4.78, 5) is 24.0. The molecule has 0 saturated carbocycles. The van der Waals surface area contributed by atoms with E-state index >= 15 is 0 Å². The maximum Gasteiger partial charge on any atom is 0.347 e. The molecule has 0 aromatic heterocycles. The van der Waals surface area contributed by atoms with Crippen LogP contribution in [-0.4, -0.2) is 19.0 Å². The second-order valence-electron chi connectivity index (χ2n) is 5.78. The van der Waals surface area contributed by atoms with Gasteiger partial charge in [0.1, 0.15) is 23.7 Å². The fourth-order valence-corrected chi connectivity index (χ4v) is 2.66. The molecule has 0 amide bonds. The first-order valence-corrected chi connectivity index (χ1v) is 8.82. The van der Waals surface area contributed by atoms with Crippen molar-refractivity contribution in [1.29, 1.82) is 0 Å². The number of para-hydroxylation sites is 1. The number of carbonyl (C=O) groups excluding carboxylic acids is 2. The molecular weight excluding hydrogens is 380 g/mol. The highest BCUT2D eigenvalue weighted by Crippen LogP contribution is 2.24. The molecule has 5 nitrogen and oxygen atoms in total. The van der Waals surface area contributed by atoms with Crippen molar-refractivity contribution in [2.45, 2.75) is 6.61 Å². The van der Waals surface area contributed by atoms with Crippen LogP contribution in [0.15, 0.2) is 72.8 Å². The van der Waals surface area contributed by atoms with E-state index in [1.165, 1.54) is 31.4 Å². The molecule has 0 unspecified atom stereocenters. The molecule has 6 heteroatoms. The summed E-state index contributed by atoms with van der Waals surface area (Å²) in [5, 5.41) is 0.591. The van der Waals surface area contributed by atoms with E-state index < -0.39 is 11.9 Å². The van der Waals surface area contributed by atoms with Gasteiger partial charge in [-0.3, -0.25) is 0 Å². The second-order valence-corrected chi connectivity index (χ2v) is 6.19. The van der Waals surface area contributed by atoms with Crippen molar-refractivity contribution >= 4 is 23.5 Å². The van der Waals surface area contributed by atoms with Gasteiger partial charge in [-0.1, -0.05) is 41.9 Å². The molecule has 3 rings (SSSR count). The number of methoxy groups -OCH3 is 1. The Morgan fingerprint density at radius 1 is 0.857 bits per heavy atom. The molecule has 3 aromatic rings. The lowest BCUT2D eigenvalue weighted by Gasteiger charge is -2.12. The quantitative estimate of drug-likeness (QED) is 0.437. The molecule has 0 aliphatic rings. The minimum atomic E-state index is -0.569. The van der Waals surface area contributed by atoms with Gasteiger partial charge in [-0.05, 0) is 42.5 Å². The Kier molecular flexibility index (Phi) is 6.29. The van der Waals surface area contributed by atoms with E-state index in [0.29, 0.717) is 22.1 Å². The van der Waals surface area contributed by atoms with Gasteiger partial charge in [0.25, 0.3) is 0 Å². The molecular formula is C22H17ClO5. The Bertz CT molecular complexity index is 982. The third kappa shape index (κ3) is 4.69. The topological polar surface area (TPSA) is 61.8 Å². The molecule has 0 atom stereocenters. The molecule has 142 valence electrons. The monoisotopic (exact) mass is 396 g/mol. The maximum atomic E-state index is 12.6. The van der Waals surface area contributed by atoms with Gasteiger partial charge in [-0.2, -0.15) is 0 Å². The number of esters is 2. The van der Waals surface area contributed by atoms with Crippen LogP contribution in [-0.2, 0) is 11.3 Å². The van der Waals surface area contributed by atoms with Crippen LogP contribution in [0.2, 0.25) is 5.02 Å². The fraction of sp³-hybridized carbons (Fsp3) is 0.0909. The average molecular weight is 397 g/mol. The number of carbonyl (C=O) groups is 2. The molecule has 0 bridgehead atoms. The summed E-state index contributed by atoms with van der Waals surface area (Å²) in [6.07, 6.45) is 0. The van der Waals surface area contributed by atoms with Crippen LogP contribution in [0.25, 0.3) is 0 Å². The lowest BCUT2D eigenvalue weighted by molar-refractivity contribution is 0.0600. The summed E-state index contributed by atoms with van der Waals surface area (Å²) < 4.78 is 15.8. The number of ether oxygens (including phenoxy) is 3. The van der Waals surface area contributed by atoms with E-state index in [1.54, 1.807) is 30.3 Å². The average Bonchev–Trinajstić information content (AvgIpc) is 2.73. The van der Waals surface area contributed by atoms with Crippen molar-refractivity contribution in [3.8, 4) is 11.5 Å². The van der Waals surface area contributed by atoms with Gasteiger partial charge in [-0.25, -0.2) is 9.59 Å². The Morgan fingerprint density at radius 3 is 2.25 bits per heavy atom. The summed E-state index contributed by atoms with van der Waals surface area (Å²) in [5.74, 6) is -0.339. The third-order valence-corrected chi connectivity index (χ3v) is 4.30. The molecule has 0 heterocycles. The first-order valence-electron chi connectivity index (χ1n) is 8.44. The van der Waals surface area contributed by atoms with Crippen molar-refractivity contribution in [2.24, 2.45) is 0 Å². The Balaban J connectivity index is 1.72. The van der Waals surface area contributed by atoms with Crippen molar-refractivity contribution in [3.05, 3.63) is 94.5 Å². The summed E-state index contributed by atoms with van der Waals surface area (Å²) in [6.45, 7) is 0.220. The largest absolute Gasteiger partial charge is 0.488 e. The van der Waals surface area contributed by atoms with Gasteiger partial charge in [0.15, 0.2) is 0 Å². The van der Waals surface area contributed by atoms with Crippen LogP contribution >= 0.6 is 11.6 Å². The molecule has 0 saturated heterocycles. The summed E-state index contributed by atoms with van der Waals surface area (Å²) in [5.41, 5.74) is 1.46. The maximum absolute atomic E-state index is 12.6. The minimum Gasteiger partial charge on any atom is -0.488 e. The Labute approximate surface area is 167 Å². The lowest BCUT2D eigenvalue weighted by Crippen LogP contribution is -2.11. The molecule has 0 spiro atoms. The van der Waals surface area contributed by atoms with Crippen molar-refractivity contribution in [2.75, 3.05) is 7.11 Å². The van der Waals surface area contributed by atoms with Crippen molar-refractivity contribution in [1.82, 2.24) is 0 Å². The zero-order valence-corrected chi connectivity index (χ0v) is 15.8. The number of hydrogen-bond acceptors (Lipinski definition) is 5. The normalized spacial score (nSPS) is 10.2. The van der Waals surface area contributed by atoms with Crippen LogP contribution < -0.4 is 9.47 Å². The van der Waals surface area contributed by atoms with E-state index in [-0.39, 0.29) is 12.2 Å². The molecule has 28 heavy (non-hydrogen) atoms. The molecule has 3 aromatic carbocycles. The predicted octanol–water partition coefficient (Wildman–Crippen LogP) is 4.92. The first-order chi connectivity index (χ1) is 13.6. The first kappa shape index (κ1) is 19.5. The van der Waals surface area contributed by atoms with Crippen LogP contribution in [0, 0.1) is 0 Å². The second kappa shape index (κ2) is 9.06. The Hall–Kier alpha value is -3.31. The van der Waals surface area contributed by atoms with Gasteiger partial charge in [0, 0.05) is 10.6 Å². The van der Waals surface area contributed by atoms with E-state index in [2.05, 4.69) is 4.74 Å². The lowest BCUT2D eigenvalue weighted by atomic mass is 10.2. The van der Waals surface area contributed by atoms with Crippen LogP contribution in [0.5, 0.6) is 11.5 Å². The zero-order chi connectivity index (χ0) is 19.9. The molecule has 0 radical (unpaired) electrons. The number of rotatable bonds is 6. The van der Waals surface area contributed by atoms with Crippen LogP contribution in [0.1, 0.15) is 26.3 Å². The van der Waals surface area contributed by atoms with Crippen LogP contribution in [0.4, 0.5) is 0 Å². The van der Waals surface area contributed by atoms with Gasteiger partial charge >= 0.3 is 11.9 Å². The van der Waals surface area contributed by atoms with Crippen molar-refractivity contribution < 1.29 is 23.8 Å². The molecule has 0 N–H and O–H groups in total. The number of hydrogen-bond donors (Lipinski definition) is 0. The highest BCUT2D eigenvalue weighted by molar-refractivity contribution is 6.31. The standard InChI is InChI=1S/C22H17ClO5/c1-26-21(24)15-10-12-17(13-11-15)28-22(25)18-7-3-5-9-20(18)27-14-16-6-2-4-8-19(16)23/h2-13H,14H2,1H3. The van der Waals surface area contributed by atoms with Crippen LogP contribution in [0.3, 0.4) is 0 Å². The Morgan fingerprint density at radius 2 is 1.54 bits per heavy atom. The number of benzene rings is 3. The van der Waals surface area contributed by atoms with E-state index in [4.69, 9.17) is 21.1 Å². The number of halogens is 1. The molecule has 0 aliphatic heterocycles. The summed E-state index contributed by atoms with van der Waals surface area (Å²) in [6, 6.07) is 20.2. The highest BCUT2D eigenvalue weighted by Gasteiger charge is 2.15. The van der Waals surface area contributed by atoms with E-state index in [9.17, 15) is 9.59 Å². The molecule has 0 fully saturated rings. The third-order valence-electron chi connectivity index (χ3n) is 3.93. The highest BCUT2D eigenvalue weighted by atomic mass is 35.5. The molecule has 0 aliphatic carbocycles. The minimum absolute atomic E-state index is 0.220. The van der Waals surface area contributed by atoms with Gasteiger partial charge < -0.3 is 14.2 Å². The van der Waals surface area contributed by atoms with E-state index in [1.807, 2.05) is 18.2 Å². The summed E-state index contributed by atoms with van der Waals surface area (Å²) >= 11 is 6.14. The smallest absolute Gasteiger partial charge is 0.347 e. The fourth-order valence-electron chi connectivity index (χ4n) is 2.47.